The molecule has 7 nitrogen and oxygen atoms in total. The minimum atomic E-state index is -3.88. The number of rotatable bonds is 11. The molecular formula is C24H32FN3O4S. The molecule has 0 fully saturated rings. The van der Waals surface area contributed by atoms with E-state index in [1.807, 2.05) is 44.2 Å². The third kappa shape index (κ3) is 7.85. The Labute approximate surface area is 195 Å². The molecule has 0 aliphatic rings. The molecule has 0 aliphatic heterocycles. The highest BCUT2D eigenvalue weighted by atomic mass is 32.2. The van der Waals surface area contributed by atoms with Crippen molar-refractivity contribution in [1.82, 2.24) is 10.2 Å². The summed E-state index contributed by atoms with van der Waals surface area (Å²) < 4.78 is 39.4. The van der Waals surface area contributed by atoms with Crippen LogP contribution in [0.15, 0.2) is 54.6 Å². The quantitative estimate of drug-likeness (QED) is 0.539. The summed E-state index contributed by atoms with van der Waals surface area (Å²) in [5.74, 6) is -1.48. The van der Waals surface area contributed by atoms with Gasteiger partial charge in [0, 0.05) is 12.6 Å². The van der Waals surface area contributed by atoms with E-state index in [1.165, 1.54) is 23.1 Å². The number of amides is 2. The van der Waals surface area contributed by atoms with Gasteiger partial charge >= 0.3 is 0 Å². The van der Waals surface area contributed by atoms with E-state index >= 15 is 0 Å². The summed E-state index contributed by atoms with van der Waals surface area (Å²) in [6.07, 6.45) is 2.18. The molecule has 0 spiro atoms. The number of nitrogens with zero attached hydrogens (tertiary/aromatic N) is 2. The van der Waals surface area contributed by atoms with E-state index in [9.17, 15) is 22.4 Å². The molecule has 33 heavy (non-hydrogen) atoms. The van der Waals surface area contributed by atoms with E-state index < -0.39 is 34.3 Å². The molecular weight excluding hydrogens is 445 g/mol. The van der Waals surface area contributed by atoms with Crippen LogP contribution < -0.4 is 9.62 Å². The first-order valence-corrected chi connectivity index (χ1v) is 12.7. The lowest BCUT2D eigenvalue weighted by Crippen LogP contribution is -2.53. The van der Waals surface area contributed by atoms with Crippen molar-refractivity contribution in [3.05, 3.63) is 66.0 Å². The molecule has 0 unspecified atom stereocenters. The first kappa shape index (κ1) is 26.3. The van der Waals surface area contributed by atoms with Gasteiger partial charge in [-0.1, -0.05) is 43.3 Å². The molecule has 2 atom stereocenters. The van der Waals surface area contributed by atoms with Crippen LogP contribution in [0.5, 0.6) is 0 Å². The Balaban J connectivity index is 2.30. The van der Waals surface area contributed by atoms with E-state index in [-0.39, 0.29) is 24.2 Å². The molecule has 0 saturated heterocycles. The molecule has 2 rings (SSSR count). The Morgan fingerprint density at radius 3 is 2.30 bits per heavy atom. The lowest BCUT2D eigenvalue weighted by Gasteiger charge is -2.32. The maximum Gasteiger partial charge on any atom is 0.244 e. The van der Waals surface area contributed by atoms with E-state index in [0.717, 1.165) is 28.6 Å². The van der Waals surface area contributed by atoms with Crippen molar-refractivity contribution in [3.63, 3.8) is 0 Å². The average Bonchev–Trinajstić information content (AvgIpc) is 2.77. The minimum absolute atomic E-state index is 0.0468. The zero-order valence-corrected chi connectivity index (χ0v) is 20.3. The van der Waals surface area contributed by atoms with Gasteiger partial charge in [-0.05, 0) is 50.5 Å². The smallest absolute Gasteiger partial charge is 0.244 e. The number of halogens is 1. The van der Waals surface area contributed by atoms with Gasteiger partial charge in [-0.2, -0.15) is 0 Å². The molecule has 2 aromatic carbocycles. The molecule has 0 saturated carbocycles. The van der Waals surface area contributed by atoms with Crippen molar-refractivity contribution in [2.45, 2.75) is 45.7 Å². The maximum absolute atomic E-state index is 13.7. The Kier molecular flexibility index (Phi) is 9.40. The van der Waals surface area contributed by atoms with Gasteiger partial charge in [-0.25, -0.2) is 12.8 Å². The van der Waals surface area contributed by atoms with Crippen LogP contribution in [-0.4, -0.2) is 56.6 Å². The summed E-state index contributed by atoms with van der Waals surface area (Å²) in [7, 11) is -3.88. The highest BCUT2D eigenvalue weighted by Gasteiger charge is 2.30. The predicted molar refractivity (Wildman–Crippen MR) is 128 cm³/mol. The normalized spacial score (nSPS) is 13.1. The molecule has 180 valence electrons. The standard InChI is InChI=1S/C24H32FN3O4S/c1-5-18(2)26-24(30)19(3)27(15-14-20-10-7-6-8-11-20)23(29)17-28(33(4,31)32)22-13-9-12-21(25)16-22/h6-13,16,18-19H,5,14-15,17H2,1-4H3,(H,26,30)/t18-,19+/m1/s1. The average molecular weight is 478 g/mol. The topological polar surface area (TPSA) is 86.8 Å². The molecule has 0 heterocycles. The third-order valence-corrected chi connectivity index (χ3v) is 6.57. The van der Waals surface area contributed by atoms with E-state index in [4.69, 9.17) is 0 Å². The molecule has 1 N–H and O–H groups in total. The largest absolute Gasteiger partial charge is 0.352 e. The van der Waals surface area contributed by atoms with Gasteiger partial charge in [0.25, 0.3) is 0 Å². The number of carbonyl (C=O) groups is 2. The Morgan fingerprint density at radius 2 is 1.73 bits per heavy atom. The van der Waals surface area contributed by atoms with Crippen molar-refractivity contribution in [1.29, 1.82) is 0 Å². The highest BCUT2D eigenvalue weighted by Crippen LogP contribution is 2.19. The SMILES string of the molecule is CC[C@@H](C)NC(=O)[C@H](C)N(CCc1ccccc1)C(=O)CN(c1cccc(F)c1)S(C)(=O)=O. The van der Waals surface area contributed by atoms with Crippen LogP contribution in [0.3, 0.4) is 0 Å². The number of sulfonamides is 1. The van der Waals surface area contributed by atoms with Gasteiger partial charge in [-0.3, -0.25) is 13.9 Å². The maximum atomic E-state index is 13.7. The van der Waals surface area contributed by atoms with Crippen molar-refractivity contribution >= 4 is 27.5 Å². The summed E-state index contributed by atoms with van der Waals surface area (Å²) >= 11 is 0. The Morgan fingerprint density at radius 1 is 1.06 bits per heavy atom. The number of benzene rings is 2. The first-order valence-electron chi connectivity index (χ1n) is 10.9. The fourth-order valence-electron chi connectivity index (χ4n) is 3.28. The van der Waals surface area contributed by atoms with E-state index in [0.29, 0.717) is 6.42 Å². The minimum Gasteiger partial charge on any atom is -0.352 e. The van der Waals surface area contributed by atoms with E-state index in [2.05, 4.69) is 5.32 Å². The zero-order chi connectivity index (χ0) is 24.6. The van der Waals surface area contributed by atoms with Crippen LogP contribution in [0.25, 0.3) is 0 Å². The second-order valence-electron chi connectivity index (χ2n) is 8.07. The number of hydrogen-bond donors (Lipinski definition) is 1. The third-order valence-electron chi connectivity index (χ3n) is 5.43. The van der Waals surface area contributed by atoms with E-state index in [1.54, 1.807) is 6.92 Å². The lowest BCUT2D eigenvalue weighted by atomic mass is 10.1. The molecule has 0 bridgehead atoms. The molecule has 9 heteroatoms. The molecule has 2 amide bonds. The van der Waals surface area contributed by atoms with Crippen LogP contribution in [0.2, 0.25) is 0 Å². The highest BCUT2D eigenvalue weighted by molar-refractivity contribution is 7.92. The van der Waals surface area contributed by atoms with Crippen LogP contribution in [0.1, 0.15) is 32.8 Å². The fourth-order valence-corrected chi connectivity index (χ4v) is 4.12. The van der Waals surface area contributed by atoms with Gasteiger partial charge in [0.1, 0.15) is 18.4 Å². The van der Waals surface area contributed by atoms with Crippen molar-refractivity contribution in [3.8, 4) is 0 Å². The van der Waals surface area contributed by atoms with Crippen molar-refractivity contribution in [2.24, 2.45) is 0 Å². The number of carbonyl (C=O) groups excluding carboxylic acids is 2. The summed E-state index contributed by atoms with van der Waals surface area (Å²) in [5, 5.41) is 2.87. The number of hydrogen-bond acceptors (Lipinski definition) is 4. The zero-order valence-electron chi connectivity index (χ0n) is 19.5. The molecule has 0 aromatic heterocycles. The number of nitrogens with one attached hydrogen (secondary N) is 1. The monoisotopic (exact) mass is 477 g/mol. The summed E-state index contributed by atoms with van der Waals surface area (Å²) in [5.41, 5.74) is 1.03. The van der Waals surface area contributed by atoms with Crippen molar-refractivity contribution in [2.75, 3.05) is 23.7 Å². The van der Waals surface area contributed by atoms with Gasteiger partial charge in [0.2, 0.25) is 21.8 Å². The lowest BCUT2D eigenvalue weighted by molar-refractivity contribution is -0.139. The van der Waals surface area contributed by atoms with Crippen LogP contribution >= 0.6 is 0 Å². The summed E-state index contributed by atoms with van der Waals surface area (Å²) in [4.78, 5) is 27.5. The molecule has 0 aliphatic carbocycles. The predicted octanol–water partition coefficient (Wildman–Crippen LogP) is 2.97. The van der Waals surface area contributed by atoms with Gasteiger partial charge in [0.15, 0.2) is 0 Å². The molecule has 0 radical (unpaired) electrons. The van der Waals surface area contributed by atoms with Gasteiger partial charge in [0.05, 0.1) is 11.9 Å². The first-order chi connectivity index (χ1) is 15.5. The van der Waals surface area contributed by atoms with Gasteiger partial charge < -0.3 is 10.2 Å². The molecule has 2 aromatic rings. The summed E-state index contributed by atoms with van der Waals surface area (Å²) in [6.45, 7) is 5.11. The fraction of sp³-hybridized carbons (Fsp3) is 0.417. The second kappa shape index (κ2) is 11.8. The second-order valence-corrected chi connectivity index (χ2v) is 9.97. The van der Waals surface area contributed by atoms with Crippen LogP contribution in [-0.2, 0) is 26.0 Å². The Bertz CT molecular complexity index is 1050. The van der Waals surface area contributed by atoms with Crippen LogP contribution in [0, 0.1) is 5.82 Å². The summed E-state index contributed by atoms with van der Waals surface area (Å²) in [6, 6.07) is 13.7. The number of anilines is 1. The van der Waals surface area contributed by atoms with Gasteiger partial charge in [-0.15, -0.1) is 0 Å². The van der Waals surface area contributed by atoms with Crippen LogP contribution in [0.4, 0.5) is 10.1 Å². The Hall–Kier alpha value is -2.94. The van der Waals surface area contributed by atoms with Crippen molar-refractivity contribution < 1.29 is 22.4 Å².